The maximum absolute atomic E-state index is 5.82. The van der Waals surface area contributed by atoms with Gasteiger partial charge in [0.15, 0.2) is 0 Å². The van der Waals surface area contributed by atoms with Gasteiger partial charge in [-0.2, -0.15) is 0 Å². The van der Waals surface area contributed by atoms with Crippen LogP contribution < -0.4 is 9.47 Å². The number of fused-ring (bicyclic) bond motifs is 8. The number of ether oxygens (including phenoxy) is 6. The lowest BCUT2D eigenvalue weighted by molar-refractivity contribution is -0.00698. The van der Waals surface area contributed by atoms with Crippen molar-refractivity contribution < 1.29 is 28.4 Å². The highest BCUT2D eigenvalue weighted by molar-refractivity contribution is 7.17. The van der Waals surface area contributed by atoms with Crippen LogP contribution in [0.1, 0.15) is 0 Å². The maximum Gasteiger partial charge on any atom is 0.148 e. The topological polar surface area (TPSA) is 81.2 Å². The first-order valence-corrected chi connectivity index (χ1v) is 11.8. The molecule has 0 atom stereocenters. The van der Waals surface area contributed by atoms with E-state index in [1.807, 2.05) is 48.5 Å². The minimum Gasteiger partial charge on any atom is -0.491 e. The summed E-state index contributed by atoms with van der Waals surface area (Å²) in [6.45, 7) is 5.02. The van der Waals surface area contributed by atoms with Gasteiger partial charge in [0.2, 0.25) is 0 Å². The average molecular weight is 473 g/mol. The van der Waals surface area contributed by atoms with Gasteiger partial charge in [0.05, 0.1) is 52.9 Å². The SMILES string of the molecule is c1cc2cc(c1)-c1nnc(s1)-c1cccc(c1)OCCOCCOCCOCCOCCO2. The summed E-state index contributed by atoms with van der Waals surface area (Å²) >= 11 is 1.53. The summed E-state index contributed by atoms with van der Waals surface area (Å²) in [5, 5.41) is 10.4. The van der Waals surface area contributed by atoms with Crippen LogP contribution in [0, 0.1) is 0 Å². The highest BCUT2D eigenvalue weighted by Crippen LogP contribution is 2.32. The average Bonchev–Trinajstić information content (AvgIpc) is 3.34. The van der Waals surface area contributed by atoms with E-state index >= 15 is 0 Å². The van der Waals surface area contributed by atoms with Crippen molar-refractivity contribution in [1.29, 1.82) is 0 Å². The van der Waals surface area contributed by atoms with Crippen molar-refractivity contribution in [2.45, 2.75) is 0 Å². The lowest BCUT2D eigenvalue weighted by atomic mass is 10.2. The number of rotatable bonds is 0. The van der Waals surface area contributed by atoms with Crippen molar-refractivity contribution in [1.82, 2.24) is 10.2 Å². The first-order chi connectivity index (χ1) is 16.4. The number of nitrogens with zero attached hydrogens (tertiary/aromatic N) is 2. The minimum atomic E-state index is 0.459. The summed E-state index contributed by atoms with van der Waals surface area (Å²) in [6, 6.07) is 15.7. The molecule has 2 heterocycles. The highest BCUT2D eigenvalue weighted by atomic mass is 32.1. The molecule has 4 rings (SSSR count). The number of benzene rings is 2. The van der Waals surface area contributed by atoms with Crippen LogP contribution >= 0.6 is 11.3 Å². The number of aromatic nitrogens is 2. The third-order valence-electron chi connectivity index (χ3n) is 4.70. The second-order valence-corrected chi connectivity index (χ2v) is 8.09. The molecule has 1 aliphatic heterocycles. The van der Waals surface area contributed by atoms with Crippen LogP contribution in [-0.2, 0) is 18.9 Å². The van der Waals surface area contributed by atoms with E-state index in [2.05, 4.69) is 10.2 Å². The fourth-order valence-electron chi connectivity index (χ4n) is 3.09. The molecule has 176 valence electrons. The first kappa shape index (κ1) is 23.6. The summed E-state index contributed by atoms with van der Waals surface area (Å²) in [6.07, 6.45) is 0. The zero-order valence-corrected chi connectivity index (χ0v) is 19.3. The summed E-state index contributed by atoms with van der Waals surface area (Å²) < 4.78 is 33.7. The lowest BCUT2D eigenvalue weighted by Crippen LogP contribution is -2.14. The van der Waals surface area contributed by atoms with Gasteiger partial charge in [0.1, 0.15) is 34.7 Å². The molecule has 6 bridgehead atoms. The van der Waals surface area contributed by atoms with Crippen LogP contribution in [0.25, 0.3) is 21.1 Å². The van der Waals surface area contributed by atoms with Crippen molar-refractivity contribution in [2.75, 3.05) is 66.1 Å². The predicted octanol–water partition coefficient (Wildman–Crippen LogP) is 3.71. The Hall–Kier alpha value is -2.56. The summed E-state index contributed by atoms with van der Waals surface area (Å²) in [5.74, 6) is 1.54. The number of hydrogen-bond donors (Lipinski definition) is 0. The molecule has 0 spiro atoms. The van der Waals surface area contributed by atoms with Crippen molar-refractivity contribution in [3.8, 4) is 32.6 Å². The van der Waals surface area contributed by atoms with Gasteiger partial charge < -0.3 is 28.4 Å². The molecule has 0 saturated heterocycles. The van der Waals surface area contributed by atoms with Crippen molar-refractivity contribution in [3.63, 3.8) is 0 Å². The molecule has 33 heavy (non-hydrogen) atoms. The Balaban J connectivity index is 1.42. The monoisotopic (exact) mass is 472 g/mol. The van der Waals surface area contributed by atoms with Gasteiger partial charge in [-0.15, -0.1) is 10.2 Å². The first-order valence-electron chi connectivity index (χ1n) is 11.0. The Morgan fingerprint density at radius 3 is 1.33 bits per heavy atom. The summed E-state index contributed by atoms with van der Waals surface area (Å²) in [5.41, 5.74) is 1.92. The molecule has 8 nitrogen and oxygen atoms in total. The second kappa shape index (κ2) is 13.2. The Bertz CT molecular complexity index is 907. The third-order valence-corrected chi connectivity index (χ3v) is 5.72. The molecule has 2 aromatic carbocycles. The van der Waals surface area contributed by atoms with Crippen LogP contribution in [0.3, 0.4) is 0 Å². The van der Waals surface area contributed by atoms with Gasteiger partial charge in [-0.1, -0.05) is 35.6 Å². The van der Waals surface area contributed by atoms with Crippen LogP contribution in [0.4, 0.5) is 0 Å². The minimum absolute atomic E-state index is 0.459. The fraction of sp³-hybridized carbons (Fsp3) is 0.417. The van der Waals surface area contributed by atoms with E-state index in [0.29, 0.717) is 66.1 Å². The van der Waals surface area contributed by atoms with E-state index in [1.165, 1.54) is 11.3 Å². The molecule has 0 saturated carbocycles. The van der Waals surface area contributed by atoms with Crippen LogP contribution in [-0.4, -0.2) is 76.3 Å². The van der Waals surface area contributed by atoms with E-state index in [4.69, 9.17) is 28.4 Å². The molecule has 0 aliphatic carbocycles. The van der Waals surface area contributed by atoms with Crippen LogP contribution in [0.2, 0.25) is 0 Å². The Morgan fingerprint density at radius 1 is 0.515 bits per heavy atom. The van der Waals surface area contributed by atoms with Gasteiger partial charge >= 0.3 is 0 Å². The van der Waals surface area contributed by atoms with Gasteiger partial charge in [-0.25, -0.2) is 0 Å². The van der Waals surface area contributed by atoms with Crippen LogP contribution in [0.5, 0.6) is 11.5 Å². The van der Waals surface area contributed by atoms with Crippen molar-refractivity contribution in [2.24, 2.45) is 0 Å². The summed E-state index contributed by atoms with van der Waals surface area (Å²) in [4.78, 5) is 0. The molecule has 0 unspecified atom stereocenters. The van der Waals surface area contributed by atoms with E-state index in [1.54, 1.807) is 0 Å². The van der Waals surface area contributed by atoms with Crippen LogP contribution in [0.15, 0.2) is 48.5 Å². The van der Waals surface area contributed by atoms with Gasteiger partial charge in [-0.3, -0.25) is 0 Å². The largest absolute Gasteiger partial charge is 0.491 e. The van der Waals surface area contributed by atoms with Crippen molar-refractivity contribution in [3.05, 3.63) is 48.5 Å². The quantitative estimate of drug-likeness (QED) is 0.490. The highest BCUT2D eigenvalue weighted by Gasteiger charge is 2.10. The van der Waals surface area contributed by atoms with E-state index < -0.39 is 0 Å². The molecule has 1 aromatic heterocycles. The lowest BCUT2D eigenvalue weighted by Gasteiger charge is -2.09. The third kappa shape index (κ3) is 7.76. The normalized spacial score (nSPS) is 17.1. The summed E-state index contributed by atoms with van der Waals surface area (Å²) in [7, 11) is 0. The maximum atomic E-state index is 5.82. The fourth-order valence-corrected chi connectivity index (χ4v) is 3.93. The zero-order valence-electron chi connectivity index (χ0n) is 18.4. The number of hydrogen-bond acceptors (Lipinski definition) is 9. The van der Waals surface area contributed by atoms with E-state index in [0.717, 1.165) is 32.6 Å². The van der Waals surface area contributed by atoms with E-state index in [-0.39, 0.29) is 0 Å². The molecule has 3 aromatic rings. The molecule has 0 fully saturated rings. The second-order valence-electron chi connectivity index (χ2n) is 7.11. The predicted molar refractivity (Wildman–Crippen MR) is 125 cm³/mol. The molecule has 0 radical (unpaired) electrons. The van der Waals surface area contributed by atoms with Crippen molar-refractivity contribution >= 4 is 11.3 Å². The van der Waals surface area contributed by atoms with Gasteiger partial charge in [-0.05, 0) is 24.3 Å². The van der Waals surface area contributed by atoms with E-state index in [9.17, 15) is 0 Å². The standard InChI is InChI=1S/C24H28N2O6S/c1-3-19-17-21(5-1)31-15-13-29-11-9-27-7-8-28-10-12-30-14-16-32-22-6-2-4-20(18-22)24-26-25-23(19)33-24/h1-6,17-18H,7-16H2. The Labute approximate surface area is 197 Å². The van der Waals surface area contributed by atoms with Gasteiger partial charge in [0.25, 0.3) is 0 Å². The molecule has 0 amide bonds. The molecule has 1 aliphatic rings. The molecule has 9 heteroatoms. The molecule has 0 N–H and O–H groups in total. The smallest absolute Gasteiger partial charge is 0.148 e. The Morgan fingerprint density at radius 2 is 0.909 bits per heavy atom. The zero-order chi connectivity index (χ0) is 22.6. The molecular weight excluding hydrogens is 444 g/mol. The molecular formula is C24H28N2O6S. The Kier molecular flexibility index (Phi) is 9.45. The van der Waals surface area contributed by atoms with Gasteiger partial charge in [0, 0.05) is 11.1 Å².